The molecule has 0 spiro atoms. The molecule has 20 heavy (non-hydrogen) atoms. The van der Waals surface area contributed by atoms with Crippen LogP contribution in [0.5, 0.6) is 17.2 Å². The second-order valence-corrected chi connectivity index (χ2v) is 4.12. The van der Waals surface area contributed by atoms with E-state index in [0.717, 1.165) is 11.1 Å². The van der Waals surface area contributed by atoms with Crippen molar-refractivity contribution >= 4 is 0 Å². The molecule has 2 aromatic carbocycles. The van der Waals surface area contributed by atoms with Crippen molar-refractivity contribution in [2.75, 3.05) is 21.3 Å². The normalized spacial score (nSPS) is 9.95. The summed E-state index contributed by atoms with van der Waals surface area (Å²) >= 11 is 0. The third-order valence-corrected chi connectivity index (χ3v) is 2.99. The summed E-state index contributed by atoms with van der Waals surface area (Å²) in [7, 11) is 4.67. The number of benzene rings is 1. The SMILES string of the molecule is COc1ccc(-c2cccc(=O)c(OC)c2)c(OC)c1. The third-order valence-electron chi connectivity index (χ3n) is 2.99. The van der Waals surface area contributed by atoms with Gasteiger partial charge in [0.1, 0.15) is 11.5 Å². The highest BCUT2D eigenvalue weighted by Gasteiger charge is 2.08. The van der Waals surface area contributed by atoms with E-state index in [-0.39, 0.29) is 5.43 Å². The molecule has 0 amide bonds. The summed E-state index contributed by atoms with van der Waals surface area (Å²) < 4.78 is 15.7. The van der Waals surface area contributed by atoms with E-state index in [2.05, 4.69) is 0 Å². The molecule has 0 heterocycles. The van der Waals surface area contributed by atoms with E-state index in [1.54, 1.807) is 32.4 Å². The summed E-state index contributed by atoms with van der Waals surface area (Å²) in [4.78, 5) is 11.7. The van der Waals surface area contributed by atoms with Crippen molar-refractivity contribution in [1.82, 2.24) is 0 Å². The Morgan fingerprint density at radius 1 is 0.800 bits per heavy atom. The van der Waals surface area contributed by atoms with E-state index >= 15 is 0 Å². The molecule has 0 N–H and O–H groups in total. The molecule has 2 rings (SSSR count). The van der Waals surface area contributed by atoms with Gasteiger partial charge in [-0.3, -0.25) is 4.79 Å². The van der Waals surface area contributed by atoms with Crippen LogP contribution in [0.3, 0.4) is 0 Å². The van der Waals surface area contributed by atoms with Crippen molar-refractivity contribution < 1.29 is 14.2 Å². The maximum atomic E-state index is 11.7. The van der Waals surface area contributed by atoms with E-state index in [1.807, 2.05) is 18.2 Å². The minimum Gasteiger partial charge on any atom is -0.497 e. The monoisotopic (exact) mass is 272 g/mol. The molecule has 4 heteroatoms. The largest absolute Gasteiger partial charge is 0.497 e. The van der Waals surface area contributed by atoms with Crippen LogP contribution >= 0.6 is 0 Å². The Labute approximate surface area is 117 Å². The number of hydrogen-bond acceptors (Lipinski definition) is 4. The standard InChI is InChI=1S/C16H16O4/c1-18-12-7-8-13(15(10-12)19-2)11-5-4-6-14(17)16(9-11)20-3/h4-10H,1-3H3. The molecule has 2 aromatic rings. The van der Waals surface area contributed by atoms with E-state index in [0.29, 0.717) is 17.2 Å². The fraction of sp³-hybridized carbons (Fsp3) is 0.188. The lowest BCUT2D eigenvalue weighted by molar-refractivity contribution is 0.395. The molecule has 0 fully saturated rings. The lowest BCUT2D eigenvalue weighted by Crippen LogP contribution is -1.99. The first-order chi connectivity index (χ1) is 9.69. The summed E-state index contributed by atoms with van der Waals surface area (Å²) in [5.41, 5.74) is 1.54. The zero-order chi connectivity index (χ0) is 14.5. The van der Waals surface area contributed by atoms with Gasteiger partial charge in [0.15, 0.2) is 5.75 Å². The van der Waals surface area contributed by atoms with Gasteiger partial charge < -0.3 is 14.2 Å². The first kappa shape index (κ1) is 13.9. The minimum absolute atomic E-state index is 0.161. The smallest absolute Gasteiger partial charge is 0.220 e. The van der Waals surface area contributed by atoms with Gasteiger partial charge >= 0.3 is 0 Å². The molecule has 4 nitrogen and oxygen atoms in total. The molecule has 0 unspecified atom stereocenters. The van der Waals surface area contributed by atoms with Gasteiger partial charge in [0.25, 0.3) is 0 Å². The Kier molecular flexibility index (Phi) is 4.25. The average Bonchev–Trinajstić information content (AvgIpc) is 2.68. The molecule has 0 atom stereocenters. The Bertz CT molecular complexity index is 665. The van der Waals surface area contributed by atoms with Gasteiger partial charge in [-0.2, -0.15) is 0 Å². The molecular weight excluding hydrogens is 256 g/mol. The summed E-state index contributed by atoms with van der Waals surface area (Å²) in [5, 5.41) is 0. The number of ether oxygens (including phenoxy) is 3. The van der Waals surface area contributed by atoms with Crippen LogP contribution in [0.15, 0.2) is 47.3 Å². The second kappa shape index (κ2) is 6.10. The highest BCUT2D eigenvalue weighted by Crippen LogP contribution is 2.33. The van der Waals surface area contributed by atoms with E-state index in [9.17, 15) is 4.79 Å². The highest BCUT2D eigenvalue weighted by atomic mass is 16.5. The zero-order valence-electron chi connectivity index (χ0n) is 11.7. The molecule has 0 aliphatic rings. The van der Waals surface area contributed by atoms with Crippen LogP contribution in [0.2, 0.25) is 0 Å². The Morgan fingerprint density at radius 2 is 1.55 bits per heavy atom. The van der Waals surface area contributed by atoms with Crippen LogP contribution < -0.4 is 19.6 Å². The molecule has 104 valence electrons. The minimum atomic E-state index is -0.161. The first-order valence-corrected chi connectivity index (χ1v) is 6.10. The zero-order valence-corrected chi connectivity index (χ0v) is 11.7. The number of hydrogen-bond donors (Lipinski definition) is 0. The Hall–Kier alpha value is -2.49. The van der Waals surface area contributed by atoms with Crippen molar-refractivity contribution in [3.8, 4) is 28.4 Å². The lowest BCUT2D eigenvalue weighted by atomic mass is 10.1. The van der Waals surface area contributed by atoms with Gasteiger partial charge in [0.05, 0.1) is 21.3 Å². The molecule has 0 aliphatic heterocycles. The number of rotatable bonds is 4. The lowest BCUT2D eigenvalue weighted by Gasteiger charge is -2.10. The summed E-state index contributed by atoms with van der Waals surface area (Å²) in [6.07, 6.45) is 0. The topological polar surface area (TPSA) is 44.8 Å². The van der Waals surface area contributed by atoms with Gasteiger partial charge in [0.2, 0.25) is 5.43 Å². The predicted octanol–water partition coefficient (Wildman–Crippen LogP) is 2.74. The van der Waals surface area contributed by atoms with Crippen LogP contribution in [0.25, 0.3) is 11.1 Å². The molecule has 0 aliphatic carbocycles. The summed E-state index contributed by atoms with van der Waals surface area (Å²) in [6, 6.07) is 12.2. The summed E-state index contributed by atoms with van der Waals surface area (Å²) in [6.45, 7) is 0. The van der Waals surface area contributed by atoms with Crippen molar-refractivity contribution in [2.45, 2.75) is 0 Å². The first-order valence-electron chi connectivity index (χ1n) is 6.10. The van der Waals surface area contributed by atoms with Gasteiger partial charge in [-0.25, -0.2) is 0 Å². The molecule has 0 saturated carbocycles. The fourth-order valence-electron chi connectivity index (χ4n) is 1.95. The Morgan fingerprint density at radius 3 is 2.20 bits per heavy atom. The maximum absolute atomic E-state index is 11.7. The van der Waals surface area contributed by atoms with Crippen LogP contribution in [0, 0.1) is 0 Å². The molecule has 0 saturated heterocycles. The maximum Gasteiger partial charge on any atom is 0.220 e. The summed E-state index contributed by atoms with van der Waals surface area (Å²) in [5.74, 6) is 1.68. The average molecular weight is 272 g/mol. The van der Waals surface area contributed by atoms with Crippen molar-refractivity contribution in [3.05, 3.63) is 52.7 Å². The predicted molar refractivity (Wildman–Crippen MR) is 77.8 cm³/mol. The van der Waals surface area contributed by atoms with Crippen LogP contribution in [0.1, 0.15) is 0 Å². The van der Waals surface area contributed by atoms with Gasteiger partial charge in [-0.15, -0.1) is 0 Å². The fourth-order valence-corrected chi connectivity index (χ4v) is 1.95. The van der Waals surface area contributed by atoms with Gasteiger partial charge in [-0.05, 0) is 29.8 Å². The molecule has 0 radical (unpaired) electrons. The van der Waals surface area contributed by atoms with Crippen LogP contribution in [-0.4, -0.2) is 21.3 Å². The quantitative estimate of drug-likeness (QED) is 0.858. The van der Waals surface area contributed by atoms with Crippen molar-refractivity contribution in [2.24, 2.45) is 0 Å². The van der Waals surface area contributed by atoms with Crippen LogP contribution in [0.4, 0.5) is 0 Å². The van der Waals surface area contributed by atoms with Gasteiger partial charge in [-0.1, -0.05) is 12.1 Å². The molecule has 0 bridgehead atoms. The van der Waals surface area contributed by atoms with Crippen LogP contribution in [-0.2, 0) is 0 Å². The van der Waals surface area contributed by atoms with E-state index in [1.165, 1.54) is 13.2 Å². The van der Waals surface area contributed by atoms with E-state index in [4.69, 9.17) is 14.2 Å². The van der Waals surface area contributed by atoms with Crippen molar-refractivity contribution in [3.63, 3.8) is 0 Å². The number of methoxy groups -OCH3 is 3. The van der Waals surface area contributed by atoms with E-state index < -0.39 is 0 Å². The third kappa shape index (κ3) is 2.74. The second-order valence-electron chi connectivity index (χ2n) is 4.12. The molecule has 0 aromatic heterocycles. The highest BCUT2D eigenvalue weighted by molar-refractivity contribution is 5.72. The Balaban J connectivity index is 2.62. The van der Waals surface area contributed by atoms with Crippen molar-refractivity contribution in [1.29, 1.82) is 0 Å². The van der Waals surface area contributed by atoms with Gasteiger partial charge in [0, 0.05) is 11.6 Å². The molecular formula is C16H16O4.